The zero-order chi connectivity index (χ0) is 25.1. The minimum absolute atomic E-state index is 0.187. The summed E-state index contributed by atoms with van der Waals surface area (Å²) < 4.78 is 15.5. The molecule has 3 fully saturated rings. The number of hydrogen-bond acceptors (Lipinski definition) is 9. The predicted octanol–water partition coefficient (Wildman–Crippen LogP) is 1.37. The summed E-state index contributed by atoms with van der Waals surface area (Å²) in [5, 5.41) is -0.217. The van der Waals surface area contributed by atoms with E-state index in [9.17, 15) is 14.4 Å². The molecule has 0 saturated carbocycles. The summed E-state index contributed by atoms with van der Waals surface area (Å²) in [6, 6.07) is -1.27. The number of fused-ring (bicyclic) bond motifs is 1. The third-order valence-electron chi connectivity index (χ3n) is 6.21. The summed E-state index contributed by atoms with van der Waals surface area (Å²) in [6.07, 6.45) is 4.72. The molecule has 0 aromatic carbocycles. The van der Waals surface area contributed by atoms with E-state index in [2.05, 4.69) is 9.89 Å². The molecular weight excluding hydrogens is 460 g/mol. The fourth-order valence-electron chi connectivity index (χ4n) is 4.20. The zero-order valence-corrected chi connectivity index (χ0v) is 21.6. The molecule has 3 atom stereocenters. The SMILES string of the molecule is CC(C)(C)C(=O)OCOC(=O)[C@@H]1N2C(=O)[C@@H](N=CN3CCC(OCCCN)CC3)[C@H]2SC1(C)C. The lowest BCUT2D eigenvalue weighted by molar-refractivity contribution is -0.179. The summed E-state index contributed by atoms with van der Waals surface area (Å²) in [7, 11) is 0. The first kappa shape index (κ1) is 26.7. The van der Waals surface area contributed by atoms with Crippen molar-refractivity contribution in [3.05, 3.63) is 0 Å². The lowest BCUT2D eigenvalue weighted by Gasteiger charge is -2.42. The van der Waals surface area contributed by atoms with Crippen molar-refractivity contribution < 1.29 is 28.6 Å². The maximum atomic E-state index is 12.9. The zero-order valence-electron chi connectivity index (χ0n) is 20.8. The normalized spacial score (nSPS) is 27.0. The van der Waals surface area contributed by atoms with Gasteiger partial charge in [-0.25, -0.2) is 4.79 Å². The molecule has 34 heavy (non-hydrogen) atoms. The highest BCUT2D eigenvalue weighted by atomic mass is 32.2. The minimum Gasteiger partial charge on any atom is -0.427 e. The second-order valence-corrected chi connectivity index (χ2v) is 12.3. The number of amides is 1. The molecule has 0 spiro atoms. The van der Waals surface area contributed by atoms with Crippen LogP contribution in [0.2, 0.25) is 0 Å². The first-order valence-electron chi connectivity index (χ1n) is 11.9. The summed E-state index contributed by atoms with van der Waals surface area (Å²) in [5.74, 6) is -1.22. The molecule has 3 heterocycles. The van der Waals surface area contributed by atoms with Gasteiger partial charge in [-0.1, -0.05) is 0 Å². The van der Waals surface area contributed by atoms with Gasteiger partial charge in [-0.3, -0.25) is 14.6 Å². The van der Waals surface area contributed by atoms with Gasteiger partial charge in [0.15, 0.2) is 6.04 Å². The van der Waals surface area contributed by atoms with Crippen molar-refractivity contribution >= 4 is 35.9 Å². The number of esters is 2. The van der Waals surface area contributed by atoms with Gasteiger partial charge in [-0.05, 0) is 60.4 Å². The van der Waals surface area contributed by atoms with Crippen LogP contribution in [0, 0.1) is 5.41 Å². The molecule has 11 heteroatoms. The molecule has 0 bridgehead atoms. The first-order chi connectivity index (χ1) is 16.0. The van der Waals surface area contributed by atoms with Crippen LogP contribution in [0.15, 0.2) is 4.99 Å². The lowest BCUT2D eigenvalue weighted by Crippen LogP contribution is -2.65. The summed E-state index contributed by atoms with van der Waals surface area (Å²) >= 11 is 1.54. The van der Waals surface area contributed by atoms with Gasteiger partial charge in [0.2, 0.25) is 6.79 Å². The largest absolute Gasteiger partial charge is 0.427 e. The number of carbonyl (C=O) groups is 3. The number of thioether (sulfide) groups is 1. The molecule has 3 saturated heterocycles. The van der Waals surface area contributed by atoms with E-state index in [1.165, 1.54) is 0 Å². The Hall–Kier alpha value is -1.85. The predicted molar refractivity (Wildman–Crippen MR) is 129 cm³/mol. The highest BCUT2D eigenvalue weighted by Gasteiger charge is 2.64. The van der Waals surface area contributed by atoms with Crippen molar-refractivity contribution in [1.29, 1.82) is 0 Å². The van der Waals surface area contributed by atoms with Crippen molar-refractivity contribution in [2.75, 3.05) is 33.0 Å². The van der Waals surface area contributed by atoms with Crippen molar-refractivity contribution in [3.8, 4) is 0 Å². The van der Waals surface area contributed by atoms with Crippen LogP contribution in [0.25, 0.3) is 0 Å². The Balaban J connectivity index is 1.50. The first-order valence-corrected chi connectivity index (χ1v) is 12.8. The molecule has 2 N–H and O–H groups in total. The smallest absolute Gasteiger partial charge is 0.333 e. The number of aliphatic imine (C=N–C) groups is 1. The Morgan fingerprint density at radius 3 is 2.53 bits per heavy atom. The fourth-order valence-corrected chi connectivity index (χ4v) is 5.82. The van der Waals surface area contributed by atoms with Gasteiger partial charge in [-0.2, -0.15) is 0 Å². The Labute approximate surface area is 205 Å². The van der Waals surface area contributed by atoms with E-state index < -0.39 is 41.0 Å². The summed E-state index contributed by atoms with van der Waals surface area (Å²) in [5.41, 5.74) is 4.82. The number of ether oxygens (including phenoxy) is 3. The quantitative estimate of drug-likeness (QED) is 0.125. The number of carbonyl (C=O) groups excluding carboxylic acids is 3. The second kappa shape index (κ2) is 10.8. The van der Waals surface area contributed by atoms with E-state index in [4.69, 9.17) is 19.9 Å². The average Bonchev–Trinajstić information content (AvgIpc) is 3.02. The third kappa shape index (κ3) is 6.04. The number of nitrogens with zero attached hydrogens (tertiary/aromatic N) is 3. The van der Waals surface area contributed by atoms with Crippen LogP contribution in [0.1, 0.15) is 53.9 Å². The molecule has 1 amide bonds. The van der Waals surface area contributed by atoms with Crippen LogP contribution < -0.4 is 5.73 Å². The molecule has 0 aromatic heterocycles. The maximum Gasteiger partial charge on any atom is 0.333 e. The van der Waals surface area contributed by atoms with Crippen LogP contribution in [0.3, 0.4) is 0 Å². The van der Waals surface area contributed by atoms with Gasteiger partial charge in [0.1, 0.15) is 11.4 Å². The van der Waals surface area contributed by atoms with Crippen LogP contribution in [0.4, 0.5) is 0 Å². The topological polar surface area (TPSA) is 124 Å². The van der Waals surface area contributed by atoms with Crippen molar-refractivity contribution in [2.24, 2.45) is 16.1 Å². The van der Waals surface area contributed by atoms with E-state index >= 15 is 0 Å². The van der Waals surface area contributed by atoms with Crippen LogP contribution in [-0.2, 0) is 28.6 Å². The standard InChI is InChI=1S/C23H38N4O6S/c1-22(2,3)21(30)33-14-32-20(29)17-23(4,5)34-19-16(18(28)27(17)19)25-13-26-10-7-15(8-11-26)31-12-6-9-24/h13,15-17,19H,6-12,14,24H2,1-5H3/t16-,17+,19-/m1/s1. The van der Waals surface area contributed by atoms with Crippen LogP contribution >= 0.6 is 11.8 Å². The molecule has 0 aliphatic carbocycles. The van der Waals surface area contributed by atoms with Gasteiger partial charge in [-0.15, -0.1) is 11.8 Å². The Kier molecular flexibility index (Phi) is 8.51. The lowest BCUT2D eigenvalue weighted by atomic mass is 9.96. The number of rotatable bonds is 9. The molecule has 3 aliphatic heterocycles. The number of nitrogens with two attached hydrogens (primary N) is 1. The van der Waals surface area contributed by atoms with Crippen molar-refractivity contribution in [2.45, 2.75) is 82.2 Å². The molecular formula is C23H38N4O6S. The third-order valence-corrected chi connectivity index (χ3v) is 7.77. The van der Waals surface area contributed by atoms with Crippen molar-refractivity contribution in [3.63, 3.8) is 0 Å². The number of β-lactam (4-membered cyclic amide) rings is 1. The van der Waals surface area contributed by atoms with Gasteiger partial charge in [0, 0.05) is 24.4 Å². The van der Waals surface area contributed by atoms with E-state index in [1.807, 2.05) is 13.8 Å². The molecule has 3 aliphatic rings. The van der Waals surface area contributed by atoms with E-state index in [1.54, 1.807) is 43.8 Å². The number of hydrogen-bond donors (Lipinski definition) is 1. The van der Waals surface area contributed by atoms with Gasteiger partial charge in [0.05, 0.1) is 17.9 Å². The highest BCUT2D eigenvalue weighted by molar-refractivity contribution is 8.01. The maximum absolute atomic E-state index is 12.9. The molecule has 3 rings (SSSR count). The van der Waals surface area contributed by atoms with E-state index in [-0.39, 0.29) is 17.4 Å². The van der Waals surface area contributed by atoms with E-state index in [0.29, 0.717) is 13.2 Å². The fraction of sp³-hybridized carbons (Fsp3) is 0.826. The summed E-state index contributed by atoms with van der Waals surface area (Å²) in [4.78, 5) is 45.8. The van der Waals surface area contributed by atoms with Gasteiger partial charge < -0.3 is 29.7 Å². The molecule has 0 unspecified atom stereocenters. The van der Waals surface area contributed by atoms with Gasteiger partial charge in [0.25, 0.3) is 5.91 Å². The molecule has 0 aromatic rings. The summed E-state index contributed by atoms with van der Waals surface area (Å²) in [6.45, 7) is 11.5. The Morgan fingerprint density at radius 1 is 1.24 bits per heavy atom. The minimum atomic E-state index is -0.754. The van der Waals surface area contributed by atoms with E-state index in [0.717, 1.165) is 32.4 Å². The highest BCUT2D eigenvalue weighted by Crippen LogP contribution is 2.51. The van der Waals surface area contributed by atoms with Crippen molar-refractivity contribution in [1.82, 2.24) is 9.80 Å². The number of piperidine rings is 1. The second-order valence-electron chi connectivity index (χ2n) is 10.5. The molecule has 10 nitrogen and oxygen atoms in total. The molecule has 0 radical (unpaired) electrons. The van der Waals surface area contributed by atoms with Crippen LogP contribution in [0.5, 0.6) is 0 Å². The average molecular weight is 499 g/mol. The van der Waals surface area contributed by atoms with Crippen LogP contribution in [-0.4, -0.2) is 95.3 Å². The Morgan fingerprint density at radius 2 is 1.91 bits per heavy atom. The number of likely N-dealkylation sites (tertiary alicyclic amines) is 1. The Bertz CT molecular complexity index is 791. The molecule has 192 valence electrons. The monoisotopic (exact) mass is 498 g/mol. The van der Waals surface area contributed by atoms with Gasteiger partial charge >= 0.3 is 11.9 Å².